The third-order valence-corrected chi connectivity index (χ3v) is 4.94. The number of nitriles is 1. The van der Waals surface area contributed by atoms with Crippen molar-refractivity contribution in [1.29, 1.82) is 5.26 Å². The summed E-state index contributed by atoms with van der Waals surface area (Å²) >= 11 is 0. The molecule has 0 aliphatic carbocycles. The first-order valence-corrected chi connectivity index (χ1v) is 9.97. The lowest BCUT2D eigenvalue weighted by molar-refractivity contribution is 0.0696. The van der Waals surface area contributed by atoms with Crippen LogP contribution < -0.4 is 9.47 Å². The Balaban J connectivity index is 1.46. The first-order valence-electron chi connectivity index (χ1n) is 9.97. The molecule has 3 rings (SSSR count). The Morgan fingerprint density at radius 2 is 2.00 bits per heavy atom. The molecule has 1 saturated heterocycles. The number of aliphatic hydroxyl groups is 1. The standard InChI is InChI=1S/C23H27N3O4/c1-25(2)23(28)21-5-3-4-6-22(21)29-16-18(27)14-26-12-11-20(15-26)30-19-9-7-17(13-24)8-10-19/h3-10,18,20,27H,11-12,14-16H2,1-2H3. The number of amides is 1. The largest absolute Gasteiger partial charge is 0.490 e. The predicted octanol–water partition coefficient (Wildman–Crippen LogP) is 2.15. The van der Waals surface area contributed by atoms with Gasteiger partial charge in [-0.15, -0.1) is 0 Å². The monoisotopic (exact) mass is 409 g/mol. The number of likely N-dealkylation sites (tertiary alicyclic amines) is 1. The number of rotatable bonds is 8. The second kappa shape index (κ2) is 10.1. The first kappa shape index (κ1) is 21.6. The molecule has 30 heavy (non-hydrogen) atoms. The smallest absolute Gasteiger partial charge is 0.257 e. The van der Waals surface area contributed by atoms with Crippen molar-refractivity contribution >= 4 is 5.91 Å². The number of para-hydroxylation sites is 1. The number of benzene rings is 2. The van der Waals surface area contributed by atoms with Crippen LogP contribution in [0, 0.1) is 11.3 Å². The molecular weight excluding hydrogens is 382 g/mol. The molecule has 1 N–H and O–H groups in total. The Kier molecular flexibility index (Phi) is 7.28. The molecule has 1 aliphatic rings. The third-order valence-electron chi connectivity index (χ3n) is 4.94. The molecule has 2 unspecified atom stereocenters. The molecule has 0 spiro atoms. The quantitative estimate of drug-likeness (QED) is 0.719. The van der Waals surface area contributed by atoms with Crippen LogP contribution in [0.1, 0.15) is 22.3 Å². The predicted molar refractivity (Wildman–Crippen MR) is 113 cm³/mol. The number of aliphatic hydroxyl groups excluding tert-OH is 1. The molecule has 0 bridgehead atoms. The minimum atomic E-state index is -0.679. The fraction of sp³-hybridized carbons (Fsp3) is 0.391. The van der Waals surface area contributed by atoms with E-state index < -0.39 is 6.10 Å². The molecule has 2 aromatic rings. The van der Waals surface area contributed by atoms with Gasteiger partial charge < -0.3 is 19.5 Å². The van der Waals surface area contributed by atoms with Crippen LogP contribution in [0.4, 0.5) is 0 Å². The molecule has 2 atom stereocenters. The van der Waals surface area contributed by atoms with E-state index in [0.29, 0.717) is 30.0 Å². The highest BCUT2D eigenvalue weighted by atomic mass is 16.5. The Morgan fingerprint density at radius 1 is 1.27 bits per heavy atom. The van der Waals surface area contributed by atoms with Gasteiger partial charge in [-0.3, -0.25) is 9.69 Å². The van der Waals surface area contributed by atoms with E-state index in [0.717, 1.165) is 18.7 Å². The lowest BCUT2D eigenvalue weighted by atomic mass is 10.2. The van der Waals surface area contributed by atoms with E-state index in [4.69, 9.17) is 14.7 Å². The summed E-state index contributed by atoms with van der Waals surface area (Å²) in [6.45, 7) is 2.12. The lowest BCUT2D eigenvalue weighted by Crippen LogP contribution is -2.35. The van der Waals surface area contributed by atoms with Gasteiger partial charge in [0.25, 0.3) is 5.91 Å². The summed E-state index contributed by atoms with van der Waals surface area (Å²) < 4.78 is 11.7. The maximum absolute atomic E-state index is 12.3. The molecule has 7 nitrogen and oxygen atoms in total. The van der Waals surface area contributed by atoms with Crippen LogP contribution in [0.25, 0.3) is 0 Å². The fourth-order valence-corrected chi connectivity index (χ4v) is 3.41. The zero-order valence-electron chi connectivity index (χ0n) is 17.3. The molecular formula is C23H27N3O4. The van der Waals surface area contributed by atoms with Crippen LogP contribution in [0.3, 0.4) is 0 Å². The van der Waals surface area contributed by atoms with E-state index in [2.05, 4.69) is 11.0 Å². The second-order valence-electron chi connectivity index (χ2n) is 7.58. The van der Waals surface area contributed by atoms with E-state index in [1.165, 1.54) is 4.90 Å². The summed E-state index contributed by atoms with van der Waals surface area (Å²) in [5, 5.41) is 19.3. The van der Waals surface area contributed by atoms with Gasteiger partial charge in [0, 0.05) is 33.7 Å². The zero-order valence-corrected chi connectivity index (χ0v) is 17.3. The second-order valence-corrected chi connectivity index (χ2v) is 7.58. The normalized spacial score (nSPS) is 17.2. The number of carbonyl (C=O) groups excluding carboxylic acids is 1. The minimum Gasteiger partial charge on any atom is -0.490 e. The number of carbonyl (C=O) groups is 1. The van der Waals surface area contributed by atoms with Crippen molar-refractivity contribution in [3.05, 3.63) is 59.7 Å². The molecule has 1 fully saturated rings. The average molecular weight is 409 g/mol. The average Bonchev–Trinajstić information content (AvgIpc) is 3.19. The number of nitrogens with zero attached hydrogens (tertiary/aromatic N) is 3. The van der Waals surface area contributed by atoms with Crippen molar-refractivity contribution in [2.24, 2.45) is 0 Å². The van der Waals surface area contributed by atoms with E-state index >= 15 is 0 Å². The maximum Gasteiger partial charge on any atom is 0.257 e. The van der Waals surface area contributed by atoms with Crippen molar-refractivity contribution in [2.45, 2.75) is 18.6 Å². The number of hydrogen-bond acceptors (Lipinski definition) is 6. The topological polar surface area (TPSA) is 86.0 Å². The van der Waals surface area contributed by atoms with Crippen molar-refractivity contribution in [3.8, 4) is 17.6 Å². The Hall–Kier alpha value is -3.08. The van der Waals surface area contributed by atoms with E-state index in [1.54, 1.807) is 62.6 Å². The van der Waals surface area contributed by atoms with Crippen molar-refractivity contribution in [1.82, 2.24) is 9.80 Å². The van der Waals surface area contributed by atoms with Gasteiger partial charge in [-0.25, -0.2) is 0 Å². The molecule has 1 amide bonds. The van der Waals surface area contributed by atoms with Gasteiger partial charge in [0.05, 0.1) is 17.2 Å². The molecule has 158 valence electrons. The van der Waals surface area contributed by atoms with Gasteiger partial charge in [0.15, 0.2) is 0 Å². The SMILES string of the molecule is CN(C)C(=O)c1ccccc1OCC(O)CN1CCC(Oc2ccc(C#N)cc2)C1. The molecule has 1 heterocycles. The first-order chi connectivity index (χ1) is 14.5. The summed E-state index contributed by atoms with van der Waals surface area (Å²) in [6.07, 6.45) is 0.235. The summed E-state index contributed by atoms with van der Waals surface area (Å²) in [7, 11) is 3.38. The van der Waals surface area contributed by atoms with Gasteiger partial charge in [0.2, 0.25) is 0 Å². The van der Waals surface area contributed by atoms with Crippen LogP contribution in [0.2, 0.25) is 0 Å². The minimum absolute atomic E-state index is 0.0458. The van der Waals surface area contributed by atoms with Gasteiger partial charge in [-0.2, -0.15) is 5.26 Å². The summed E-state index contributed by atoms with van der Waals surface area (Å²) in [5.41, 5.74) is 1.08. The van der Waals surface area contributed by atoms with Crippen LogP contribution in [0.5, 0.6) is 11.5 Å². The number of β-amino-alcohol motifs (C(OH)–C–C–N with tert-alkyl or cyclic N) is 1. The van der Waals surface area contributed by atoms with Gasteiger partial charge in [0.1, 0.15) is 30.3 Å². The third kappa shape index (κ3) is 5.72. The van der Waals surface area contributed by atoms with Gasteiger partial charge in [-0.1, -0.05) is 12.1 Å². The van der Waals surface area contributed by atoms with Crippen molar-refractivity contribution in [2.75, 3.05) is 40.3 Å². The Morgan fingerprint density at radius 3 is 2.70 bits per heavy atom. The maximum atomic E-state index is 12.3. The molecule has 0 saturated carbocycles. The van der Waals surface area contributed by atoms with Crippen LogP contribution in [-0.4, -0.2) is 73.4 Å². The Labute approximate surface area is 177 Å². The van der Waals surface area contributed by atoms with E-state index in [1.807, 2.05) is 0 Å². The number of ether oxygens (including phenoxy) is 2. The highest BCUT2D eigenvalue weighted by Gasteiger charge is 2.26. The molecule has 7 heteroatoms. The van der Waals surface area contributed by atoms with Crippen LogP contribution in [-0.2, 0) is 0 Å². The van der Waals surface area contributed by atoms with Crippen molar-refractivity contribution < 1.29 is 19.4 Å². The highest BCUT2D eigenvalue weighted by Crippen LogP contribution is 2.21. The van der Waals surface area contributed by atoms with Gasteiger partial charge in [-0.05, 0) is 42.8 Å². The highest BCUT2D eigenvalue weighted by molar-refractivity contribution is 5.96. The molecule has 0 aromatic heterocycles. The van der Waals surface area contributed by atoms with Crippen molar-refractivity contribution in [3.63, 3.8) is 0 Å². The van der Waals surface area contributed by atoms with Crippen LogP contribution >= 0.6 is 0 Å². The Bertz CT molecular complexity index is 892. The summed E-state index contributed by atoms with van der Waals surface area (Å²) in [6, 6.07) is 16.2. The van der Waals surface area contributed by atoms with E-state index in [-0.39, 0.29) is 18.6 Å². The fourth-order valence-electron chi connectivity index (χ4n) is 3.41. The van der Waals surface area contributed by atoms with Gasteiger partial charge >= 0.3 is 0 Å². The molecule has 2 aromatic carbocycles. The summed E-state index contributed by atoms with van der Waals surface area (Å²) in [5.74, 6) is 1.08. The van der Waals surface area contributed by atoms with E-state index in [9.17, 15) is 9.90 Å². The zero-order chi connectivity index (χ0) is 21.5. The summed E-state index contributed by atoms with van der Waals surface area (Å²) in [4.78, 5) is 15.9. The van der Waals surface area contributed by atoms with Crippen LogP contribution in [0.15, 0.2) is 48.5 Å². The lowest BCUT2D eigenvalue weighted by Gasteiger charge is -2.21. The number of hydrogen-bond donors (Lipinski definition) is 1. The molecule has 0 radical (unpaired) electrons. The molecule has 1 aliphatic heterocycles.